The van der Waals surface area contributed by atoms with Gasteiger partial charge in [0.05, 0.1) is 5.69 Å². The number of para-hydroxylation sites is 1. The van der Waals surface area contributed by atoms with Gasteiger partial charge in [0, 0.05) is 25.1 Å². The first-order valence-corrected chi connectivity index (χ1v) is 8.85. The van der Waals surface area contributed by atoms with Gasteiger partial charge in [-0.3, -0.25) is 9.59 Å². The molecule has 2 aromatic heterocycles. The number of amides is 1. The molecule has 0 bridgehead atoms. The van der Waals surface area contributed by atoms with Crippen LogP contribution in [0.2, 0.25) is 0 Å². The monoisotopic (exact) mass is 365 g/mol. The lowest BCUT2D eigenvalue weighted by molar-refractivity contribution is 0.0697. The standard InChI is InChI=1S/C19H19N5O3/c25-16-10-4-9-15(20-16)18(26)23-11-5-6-13(12-23)17-21-22-19(27)24(17)14-7-2-1-3-8-14/h1-4,7-10,13H,5-6,11-12H2,(H,20,25)(H,22,27). The molecule has 0 saturated carbocycles. The summed E-state index contributed by atoms with van der Waals surface area (Å²) in [7, 11) is 0. The number of carbonyl (C=O) groups is 1. The van der Waals surface area contributed by atoms with Gasteiger partial charge in [0.1, 0.15) is 11.5 Å². The van der Waals surface area contributed by atoms with Crippen molar-refractivity contribution in [2.75, 3.05) is 13.1 Å². The molecule has 1 unspecified atom stereocenters. The van der Waals surface area contributed by atoms with Crippen LogP contribution in [-0.2, 0) is 0 Å². The van der Waals surface area contributed by atoms with Crippen molar-refractivity contribution in [1.29, 1.82) is 0 Å². The molecule has 2 N–H and O–H groups in total. The first kappa shape index (κ1) is 17.0. The summed E-state index contributed by atoms with van der Waals surface area (Å²) >= 11 is 0. The Morgan fingerprint density at radius 2 is 1.89 bits per heavy atom. The van der Waals surface area contributed by atoms with Gasteiger partial charge in [-0.05, 0) is 31.0 Å². The molecule has 1 aliphatic rings. The van der Waals surface area contributed by atoms with Crippen molar-refractivity contribution in [2.24, 2.45) is 0 Å². The molecule has 27 heavy (non-hydrogen) atoms. The van der Waals surface area contributed by atoms with Gasteiger partial charge in [0.15, 0.2) is 0 Å². The molecule has 3 heterocycles. The first-order valence-electron chi connectivity index (χ1n) is 8.85. The fourth-order valence-electron chi connectivity index (χ4n) is 3.52. The number of hydrogen-bond donors (Lipinski definition) is 2. The van der Waals surface area contributed by atoms with E-state index in [0.717, 1.165) is 18.5 Å². The van der Waals surface area contributed by atoms with E-state index >= 15 is 0 Å². The number of carbonyl (C=O) groups excluding carboxylic acids is 1. The maximum atomic E-state index is 12.7. The van der Waals surface area contributed by atoms with Gasteiger partial charge in [-0.25, -0.2) is 14.5 Å². The molecule has 1 amide bonds. The van der Waals surface area contributed by atoms with E-state index in [9.17, 15) is 14.4 Å². The van der Waals surface area contributed by atoms with Gasteiger partial charge in [-0.1, -0.05) is 24.3 Å². The Morgan fingerprint density at radius 3 is 2.67 bits per heavy atom. The zero-order valence-corrected chi connectivity index (χ0v) is 14.6. The third-order valence-corrected chi connectivity index (χ3v) is 4.79. The number of benzene rings is 1. The maximum Gasteiger partial charge on any atom is 0.347 e. The number of pyridine rings is 1. The van der Waals surface area contributed by atoms with Gasteiger partial charge in [-0.15, -0.1) is 0 Å². The number of rotatable bonds is 3. The highest BCUT2D eigenvalue weighted by molar-refractivity contribution is 5.92. The fraction of sp³-hybridized carbons (Fsp3) is 0.263. The average Bonchev–Trinajstić information content (AvgIpc) is 3.09. The summed E-state index contributed by atoms with van der Waals surface area (Å²) in [5.74, 6) is 0.323. The van der Waals surface area contributed by atoms with Crippen LogP contribution in [0.1, 0.15) is 35.1 Å². The van der Waals surface area contributed by atoms with Crippen molar-refractivity contribution in [1.82, 2.24) is 24.6 Å². The number of H-pyrrole nitrogens is 2. The van der Waals surface area contributed by atoms with E-state index in [1.54, 1.807) is 21.6 Å². The smallest absolute Gasteiger partial charge is 0.337 e. The van der Waals surface area contributed by atoms with Gasteiger partial charge < -0.3 is 9.88 Å². The Kier molecular flexibility index (Phi) is 4.45. The molecule has 4 rings (SSSR count). The molecule has 0 aliphatic carbocycles. The molecule has 0 radical (unpaired) electrons. The highest BCUT2D eigenvalue weighted by atomic mass is 16.2. The normalized spacial score (nSPS) is 17.0. The predicted octanol–water partition coefficient (Wildman–Crippen LogP) is 1.27. The van der Waals surface area contributed by atoms with Crippen LogP contribution in [0.5, 0.6) is 0 Å². The Bertz CT molecular complexity index is 1070. The van der Waals surface area contributed by atoms with Gasteiger partial charge >= 0.3 is 5.69 Å². The number of aromatic nitrogens is 4. The second kappa shape index (κ2) is 7.06. The lowest BCUT2D eigenvalue weighted by Crippen LogP contribution is -2.40. The van der Waals surface area contributed by atoms with Crippen LogP contribution in [0.3, 0.4) is 0 Å². The summed E-state index contributed by atoms with van der Waals surface area (Å²) in [6.07, 6.45) is 1.62. The molecular weight excluding hydrogens is 346 g/mol. The number of hydrogen-bond acceptors (Lipinski definition) is 4. The summed E-state index contributed by atoms with van der Waals surface area (Å²) in [5, 5.41) is 6.75. The van der Waals surface area contributed by atoms with Crippen LogP contribution in [-0.4, -0.2) is 43.6 Å². The van der Waals surface area contributed by atoms with Crippen molar-refractivity contribution in [2.45, 2.75) is 18.8 Å². The maximum absolute atomic E-state index is 12.7. The van der Waals surface area contributed by atoms with Gasteiger partial charge in [0.2, 0.25) is 5.56 Å². The Morgan fingerprint density at radius 1 is 1.07 bits per heavy atom. The van der Waals surface area contributed by atoms with E-state index in [2.05, 4.69) is 15.2 Å². The number of likely N-dealkylation sites (tertiary alicyclic amines) is 1. The summed E-state index contributed by atoms with van der Waals surface area (Å²) < 4.78 is 1.56. The average molecular weight is 365 g/mol. The predicted molar refractivity (Wildman–Crippen MR) is 99.1 cm³/mol. The van der Waals surface area contributed by atoms with Crippen LogP contribution in [0.25, 0.3) is 5.69 Å². The number of aromatic amines is 2. The van der Waals surface area contributed by atoms with Crippen LogP contribution in [0, 0.1) is 0 Å². The molecule has 1 fully saturated rings. The number of nitrogens with zero attached hydrogens (tertiary/aromatic N) is 3. The first-order chi connectivity index (χ1) is 13.1. The van der Waals surface area contributed by atoms with Crippen LogP contribution < -0.4 is 11.2 Å². The van der Waals surface area contributed by atoms with Crippen molar-refractivity contribution < 1.29 is 4.79 Å². The molecule has 8 heteroatoms. The topological polar surface area (TPSA) is 104 Å². The molecule has 1 aromatic carbocycles. The minimum atomic E-state index is -0.306. The molecular formula is C19H19N5O3. The third kappa shape index (κ3) is 3.33. The lowest BCUT2D eigenvalue weighted by Gasteiger charge is -2.32. The number of nitrogens with one attached hydrogen (secondary N) is 2. The lowest BCUT2D eigenvalue weighted by atomic mass is 9.96. The van der Waals surface area contributed by atoms with E-state index < -0.39 is 0 Å². The molecule has 3 aromatic rings. The van der Waals surface area contributed by atoms with Crippen molar-refractivity contribution in [3.63, 3.8) is 0 Å². The van der Waals surface area contributed by atoms with E-state index in [4.69, 9.17) is 0 Å². The summed E-state index contributed by atoms with van der Waals surface area (Å²) in [5.41, 5.74) is 0.402. The van der Waals surface area contributed by atoms with Gasteiger partial charge in [0.25, 0.3) is 5.91 Å². The molecule has 1 saturated heterocycles. The zero-order chi connectivity index (χ0) is 18.8. The van der Waals surface area contributed by atoms with E-state index in [0.29, 0.717) is 18.9 Å². The molecule has 0 spiro atoms. The fourth-order valence-corrected chi connectivity index (χ4v) is 3.52. The third-order valence-electron chi connectivity index (χ3n) is 4.79. The molecule has 8 nitrogen and oxygen atoms in total. The van der Waals surface area contributed by atoms with Crippen LogP contribution >= 0.6 is 0 Å². The van der Waals surface area contributed by atoms with E-state index in [-0.39, 0.29) is 28.8 Å². The second-order valence-corrected chi connectivity index (χ2v) is 6.58. The summed E-state index contributed by atoms with van der Waals surface area (Å²) in [6, 6.07) is 13.8. The van der Waals surface area contributed by atoms with Crippen molar-refractivity contribution in [3.05, 3.63) is 80.9 Å². The highest BCUT2D eigenvalue weighted by Crippen LogP contribution is 2.26. The highest BCUT2D eigenvalue weighted by Gasteiger charge is 2.29. The summed E-state index contributed by atoms with van der Waals surface area (Å²) in [6.45, 7) is 1.04. The van der Waals surface area contributed by atoms with E-state index in [1.807, 2.05) is 30.3 Å². The van der Waals surface area contributed by atoms with Crippen molar-refractivity contribution in [3.8, 4) is 5.69 Å². The molecule has 138 valence electrons. The quantitative estimate of drug-likeness (QED) is 0.729. The Hall–Kier alpha value is -3.42. The second-order valence-electron chi connectivity index (χ2n) is 6.58. The molecule has 1 aliphatic heterocycles. The summed E-state index contributed by atoms with van der Waals surface area (Å²) in [4.78, 5) is 40.8. The minimum Gasteiger partial charge on any atom is -0.337 e. The largest absolute Gasteiger partial charge is 0.347 e. The SMILES string of the molecule is O=C(c1cccc(=O)[nH]1)N1CCCC(c2n[nH]c(=O)n2-c2ccccc2)C1. The van der Waals surface area contributed by atoms with E-state index in [1.165, 1.54) is 6.07 Å². The van der Waals surface area contributed by atoms with Crippen LogP contribution in [0.4, 0.5) is 0 Å². The Balaban J connectivity index is 1.62. The van der Waals surface area contributed by atoms with Crippen LogP contribution in [0.15, 0.2) is 58.1 Å². The number of piperidine rings is 1. The Labute approximate surface area is 154 Å². The van der Waals surface area contributed by atoms with Crippen molar-refractivity contribution >= 4 is 5.91 Å². The zero-order valence-electron chi connectivity index (χ0n) is 14.6. The molecule has 1 atom stereocenters. The minimum absolute atomic E-state index is 0.0720. The van der Waals surface area contributed by atoms with Gasteiger partial charge in [-0.2, -0.15) is 5.10 Å².